The highest BCUT2D eigenvalue weighted by molar-refractivity contribution is 7.79. The molecule has 2 aromatic carbocycles. The Labute approximate surface area is 84.9 Å². The second-order valence-corrected chi connectivity index (χ2v) is 4.12. The molecule has 2 rings (SSSR count). The van der Waals surface area contributed by atoms with E-state index < -0.39 is 11.1 Å². The molecule has 3 heteroatoms. The van der Waals surface area contributed by atoms with E-state index in [9.17, 15) is 8.76 Å². The van der Waals surface area contributed by atoms with Crippen molar-refractivity contribution in [2.75, 3.05) is 0 Å². The monoisotopic (exact) mass is 205 g/mol. The third kappa shape index (κ3) is 1.56. The minimum Gasteiger partial charge on any atom is -0.768 e. The molecule has 0 saturated carbocycles. The van der Waals surface area contributed by atoms with Gasteiger partial charge in [-0.1, -0.05) is 35.9 Å². The maximum absolute atomic E-state index is 10.9. The van der Waals surface area contributed by atoms with Gasteiger partial charge in [0.2, 0.25) is 0 Å². The Morgan fingerprint density at radius 2 is 2.00 bits per heavy atom. The van der Waals surface area contributed by atoms with Gasteiger partial charge in [0.25, 0.3) is 0 Å². The second-order valence-electron chi connectivity index (χ2n) is 3.22. The van der Waals surface area contributed by atoms with Crippen molar-refractivity contribution in [3.8, 4) is 0 Å². The van der Waals surface area contributed by atoms with Crippen LogP contribution in [0.3, 0.4) is 0 Å². The van der Waals surface area contributed by atoms with Gasteiger partial charge in [-0.15, -0.1) is 0 Å². The van der Waals surface area contributed by atoms with Crippen molar-refractivity contribution < 1.29 is 8.76 Å². The maximum atomic E-state index is 10.9. The van der Waals surface area contributed by atoms with Crippen molar-refractivity contribution in [2.24, 2.45) is 0 Å². The van der Waals surface area contributed by atoms with Crippen LogP contribution in [0, 0.1) is 6.92 Å². The average Bonchev–Trinajstić information content (AvgIpc) is 2.16. The SMILES string of the molecule is Cc1ccc2cccc(S(=O)[O-])c2c1. The minimum atomic E-state index is -2.16. The zero-order valence-corrected chi connectivity index (χ0v) is 8.51. The van der Waals surface area contributed by atoms with Crippen molar-refractivity contribution in [1.82, 2.24) is 0 Å². The summed E-state index contributed by atoms with van der Waals surface area (Å²) in [6.07, 6.45) is 0. The summed E-state index contributed by atoms with van der Waals surface area (Å²) in [6, 6.07) is 11.1. The summed E-state index contributed by atoms with van der Waals surface area (Å²) in [6.45, 7) is 1.95. The van der Waals surface area contributed by atoms with Gasteiger partial charge < -0.3 is 4.55 Å². The van der Waals surface area contributed by atoms with Crippen molar-refractivity contribution in [3.05, 3.63) is 42.0 Å². The third-order valence-corrected chi connectivity index (χ3v) is 2.89. The molecule has 0 aromatic heterocycles. The lowest BCUT2D eigenvalue weighted by Gasteiger charge is -2.09. The average molecular weight is 205 g/mol. The van der Waals surface area contributed by atoms with Gasteiger partial charge in [-0.25, -0.2) is 0 Å². The van der Waals surface area contributed by atoms with Gasteiger partial charge in [-0.2, -0.15) is 0 Å². The highest BCUT2D eigenvalue weighted by Gasteiger charge is 2.00. The largest absolute Gasteiger partial charge is 0.768 e. The normalized spacial score (nSPS) is 13.0. The summed E-state index contributed by atoms with van der Waals surface area (Å²) in [5.74, 6) is 0. The fourth-order valence-electron chi connectivity index (χ4n) is 1.50. The van der Waals surface area contributed by atoms with Crippen LogP contribution in [0.1, 0.15) is 5.56 Å². The number of benzene rings is 2. The quantitative estimate of drug-likeness (QED) is 0.670. The number of aryl methyl sites for hydroxylation is 1. The van der Waals surface area contributed by atoms with Gasteiger partial charge in [0, 0.05) is 4.90 Å². The highest BCUT2D eigenvalue weighted by atomic mass is 32.2. The fourth-order valence-corrected chi connectivity index (χ4v) is 2.05. The molecule has 0 aliphatic carbocycles. The molecule has 72 valence electrons. The van der Waals surface area contributed by atoms with Gasteiger partial charge >= 0.3 is 0 Å². The molecule has 2 nitrogen and oxygen atoms in total. The first-order valence-electron chi connectivity index (χ1n) is 4.27. The second kappa shape index (κ2) is 3.52. The van der Waals surface area contributed by atoms with Gasteiger partial charge in [0.1, 0.15) is 0 Å². The van der Waals surface area contributed by atoms with Crippen LogP contribution in [0.2, 0.25) is 0 Å². The highest BCUT2D eigenvalue weighted by Crippen LogP contribution is 2.22. The van der Waals surface area contributed by atoms with Crippen LogP contribution < -0.4 is 0 Å². The summed E-state index contributed by atoms with van der Waals surface area (Å²) < 4.78 is 21.9. The molecule has 0 aliphatic rings. The minimum absolute atomic E-state index is 0.367. The standard InChI is InChI=1S/C11H10O2S/c1-8-5-6-9-3-2-4-11(14(12)13)10(9)7-8/h2-7H,1H3,(H,12,13)/p-1. The molecule has 14 heavy (non-hydrogen) atoms. The molecule has 1 unspecified atom stereocenters. The van der Waals surface area contributed by atoms with Crippen LogP contribution in [-0.2, 0) is 11.1 Å². The molecule has 0 spiro atoms. The van der Waals surface area contributed by atoms with Crippen LogP contribution >= 0.6 is 0 Å². The Kier molecular flexibility index (Phi) is 2.35. The van der Waals surface area contributed by atoms with Crippen LogP contribution in [0.5, 0.6) is 0 Å². The predicted octanol–water partition coefficient (Wildman–Crippen LogP) is 2.39. The summed E-state index contributed by atoms with van der Waals surface area (Å²) in [7, 11) is 0. The van der Waals surface area contributed by atoms with E-state index >= 15 is 0 Å². The molecule has 0 N–H and O–H groups in total. The Balaban J connectivity index is 2.84. The van der Waals surface area contributed by atoms with Crippen LogP contribution in [-0.4, -0.2) is 8.76 Å². The number of rotatable bonds is 1. The van der Waals surface area contributed by atoms with E-state index in [0.29, 0.717) is 4.90 Å². The maximum Gasteiger partial charge on any atom is 0.0327 e. The predicted molar refractivity (Wildman–Crippen MR) is 55.9 cm³/mol. The summed E-state index contributed by atoms with van der Waals surface area (Å²) in [5.41, 5.74) is 1.07. The molecule has 0 aliphatic heterocycles. The van der Waals surface area contributed by atoms with Crippen molar-refractivity contribution in [3.63, 3.8) is 0 Å². The molecule has 0 bridgehead atoms. The lowest BCUT2D eigenvalue weighted by atomic mass is 10.1. The summed E-state index contributed by atoms with van der Waals surface area (Å²) in [4.78, 5) is 0.367. The van der Waals surface area contributed by atoms with E-state index in [1.54, 1.807) is 12.1 Å². The first kappa shape index (κ1) is 9.37. The van der Waals surface area contributed by atoms with Gasteiger partial charge in [-0.3, -0.25) is 4.21 Å². The Bertz CT molecular complexity index is 506. The smallest absolute Gasteiger partial charge is 0.0327 e. The molecule has 0 heterocycles. The first-order chi connectivity index (χ1) is 6.68. The Hall–Kier alpha value is -1.19. The molecule has 1 atom stereocenters. The number of hydrogen-bond donors (Lipinski definition) is 0. The molecule has 0 amide bonds. The number of fused-ring (bicyclic) bond motifs is 1. The lowest BCUT2D eigenvalue weighted by Crippen LogP contribution is -1.90. The zero-order chi connectivity index (χ0) is 10.1. The topological polar surface area (TPSA) is 40.1 Å². The van der Waals surface area contributed by atoms with Crippen LogP contribution in [0.25, 0.3) is 10.8 Å². The van der Waals surface area contributed by atoms with Gasteiger partial charge in [0.15, 0.2) is 0 Å². The van der Waals surface area contributed by atoms with E-state index in [1.165, 1.54) is 0 Å². The molecule has 2 aromatic rings. The molecule has 0 saturated heterocycles. The molecular weight excluding hydrogens is 196 g/mol. The Morgan fingerprint density at radius 1 is 1.21 bits per heavy atom. The summed E-state index contributed by atoms with van der Waals surface area (Å²) >= 11 is -2.16. The van der Waals surface area contributed by atoms with Crippen molar-refractivity contribution >= 4 is 21.9 Å². The van der Waals surface area contributed by atoms with E-state index in [0.717, 1.165) is 16.3 Å². The van der Waals surface area contributed by atoms with E-state index in [1.807, 2.05) is 31.2 Å². The third-order valence-electron chi connectivity index (χ3n) is 2.18. The number of hydrogen-bond acceptors (Lipinski definition) is 2. The van der Waals surface area contributed by atoms with E-state index in [-0.39, 0.29) is 0 Å². The van der Waals surface area contributed by atoms with Crippen molar-refractivity contribution in [2.45, 2.75) is 11.8 Å². The van der Waals surface area contributed by atoms with E-state index in [2.05, 4.69) is 0 Å². The zero-order valence-electron chi connectivity index (χ0n) is 7.69. The lowest BCUT2D eigenvalue weighted by molar-refractivity contribution is 0.538. The van der Waals surface area contributed by atoms with Crippen LogP contribution in [0.4, 0.5) is 0 Å². The molecule has 0 fully saturated rings. The van der Waals surface area contributed by atoms with Crippen molar-refractivity contribution in [1.29, 1.82) is 0 Å². The fraction of sp³-hybridized carbons (Fsp3) is 0.0909. The summed E-state index contributed by atoms with van der Waals surface area (Å²) in [5, 5.41) is 1.75. The molecular formula is C11H9O2S-. The first-order valence-corrected chi connectivity index (χ1v) is 5.34. The van der Waals surface area contributed by atoms with Gasteiger partial charge in [-0.05, 0) is 34.8 Å². The Morgan fingerprint density at radius 3 is 2.71 bits per heavy atom. The molecule has 0 radical (unpaired) electrons. The van der Waals surface area contributed by atoms with Crippen LogP contribution in [0.15, 0.2) is 41.3 Å². The van der Waals surface area contributed by atoms with Gasteiger partial charge in [0.05, 0.1) is 0 Å². The van der Waals surface area contributed by atoms with E-state index in [4.69, 9.17) is 0 Å².